The fourth-order valence-electron chi connectivity index (χ4n) is 1.55. The van der Waals surface area contributed by atoms with Crippen molar-refractivity contribution >= 4 is 0 Å². The Balaban J connectivity index is 2.24. The summed E-state index contributed by atoms with van der Waals surface area (Å²) in [7, 11) is 2.03. The second kappa shape index (κ2) is 8.52. The Bertz CT molecular complexity index is 413. The molecule has 1 rings (SSSR count). The molecule has 0 unspecified atom stereocenters. The van der Waals surface area contributed by atoms with Gasteiger partial charge in [0.2, 0.25) is 0 Å². The van der Waals surface area contributed by atoms with Gasteiger partial charge in [-0.25, -0.2) is 0 Å². The van der Waals surface area contributed by atoms with Gasteiger partial charge in [0.05, 0.1) is 18.3 Å². The molecule has 1 aromatic rings. The quantitative estimate of drug-likeness (QED) is 0.721. The van der Waals surface area contributed by atoms with Crippen LogP contribution in [0.5, 0.6) is 5.75 Å². The molecule has 0 amide bonds. The number of ether oxygens (including phenoxy) is 2. The highest BCUT2D eigenvalue weighted by Gasteiger charge is 2.03. The summed E-state index contributed by atoms with van der Waals surface area (Å²) >= 11 is 0. The third-order valence-electron chi connectivity index (χ3n) is 2.66. The highest BCUT2D eigenvalue weighted by atomic mass is 16.5. The standard InChI is InChI=1S/C15H22N2O2/c1-13(2)18-10-8-17(3)9-11-19-15-7-5-4-6-14(15)12-16/h4-7,13H,8-11H2,1-3H3. The van der Waals surface area contributed by atoms with E-state index < -0.39 is 0 Å². The van der Waals surface area contributed by atoms with E-state index in [0.29, 0.717) is 17.9 Å². The van der Waals surface area contributed by atoms with Gasteiger partial charge in [0, 0.05) is 13.1 Å². The molecule has 0 N–H and O–H groups in total. The second-order valence-electron chi connectivity index (χ2n) is 4.68. The smallest absolute Gasteiger partial charge is 0.137 e. The topological polar surface area (TPSA) is 45.5 Å². The van der Waals surface area contributed by atoms with E-state index in [2.05, 4.69) is 11.0 Å². The molecular weight excluding hydrogens is 240 g/mol. The first kappa shape index (κ1) is 15.5. The van der Waals surface area contributed by atoms with E-state index in [0.717, 1.165) is 19.7 Å². The number of likely N-dealkylation sites (N-methyl/N-ethyl adjacent to an activating group) is 1. The number of benzene rings is 1. The maximum Gasteiger partial charge on any atom is 0.137 e. The molecule has 0 heterocycles. The van der Waals surface area contributed by atoms with Crippen molar-refractivity contribution in [3.63, 3.8) is 0 Å². The van der Waals surface area contributed by atoms with Crippen LogP contribution in [0.2, 0.25) is 0 Å². The molecule has 0 atom stereocenters. The van der Waals surface area contributed by atoms with Crippen molar-refractivity contribution in [2.45, 2.75) is 20.0 Å². The Morgan fingerprint density at radius 2 is 1.89 bits per heavy atom. The highest BCUT2D eigenvalue weighted by Crippen LogP contribution is 2.16. The van der Waals surface area contributed by atoms with Gasteiger partial charge in [0.1, 0.15) is 18.4 Å². The van der Waals surface area contributed by atoms with E-state index in [1.807, 2.05) is 39.1 Å². The first-order valence-electron chi connectivity index (χ1n) is 6.55. The van der Waals surface area contributed by atoms with E-state index in [1.54, 1.807) is 6.07 Å². The average molecular weight is 262 g/mol. The van der Waals surface area contributed by atoms with Crippen LogP contribution >= 0.6 is 0 Å². The zero-order chi connectivity index (χ0) is 14.1. The molecule has 104 valence electrons. The van der Waals surface area contributed by atoms with Gasteiger partial charge in [-0.2, -0.15) is 5.26 Å². The zero-order valence-corrected chi connectivity index (χ0v) is 11.9. The Labute approximate surface area is 115 Å². The molecule has 4 heteroatoms. The predicted molar refractivity (Wildman–Crippen MR) is 75.2 cm³/mol. The third-order valence-corrected chi connectivity index (χ3v) is 2.66. The maximum absolute atomic E-state index is 8.94. The van der Waals surface area contributed by atoms with E-state index >= 15 is 0 Å². The van der Waals surface area contributed by atoms with Crippen LogP contribution in [0.3, 0.4) is 0 Å². The first-order valence-corrected chi connectivity index (χ1v) is 6.55. The summed E-state index contributed by atoms with van der Waals surface area (Å²) in [6, 6.07) is 9.41. The van der Waals surface area contributed by atoms with Gasteiger partial charge in [-0.3, -0.25) is 0 Å². The van der Waals surface area contributed by atoms with Crippen LogP contribution in [-0.2, 0) is 4.74 Å². The minimum absolute atomic E-state index is 0.271. The van der Waals surface area contributed by atoms with Crippen molar-refractivity contribution in [1.29, 1.82) is 5.26 Å². The van der Waals surface area contributed by atoms with Gasteiger partial charge in [0.15, 0.2) is 0 Å². The van der Waals surface area contributed by atoms with Gasteiger partial charge >= 0.3 is 0 Å². The number of hydrogen-bond acceptors (Lipinski definition) is 4. The fraction of sp³-hybridized carbons (Fsp3) is 0.533. The third kappa shape index (κ3) is 6.23. The Hall–Kier alpha value is -1.57. The molecule has 19 heavy (non-hydrogen) atoms. The molecule has 0 bridgehead atoms. The summed E-state index contributed by atoms with van der Waals surface area (Å²) in [5.74, 6) is 0.650. The monoisotopic (exact) mass is 262 g/mol. The minimum atomic E-state index is 0.271. The van der Waals surface area contributed by atoms with Crippen LogP contribution in [0.15, 0.2) is 24.3 Å². The van der Waals surface area contributed by atoms with Gasteiger partial charge in [-0.15, -0.1) is 0 Å². The lowest BCUT2D eigenvalue weighted by Gasteiger charge is -2.18. The Morgan fingerprint density at radius 1 is 1.21 bits per heavy atom. The van der Waals surface area contributed by atoms with E-state index in [4.69, 9.17) is 14.7 Å². The predicted octanol–water partition coefficient (Wildman–Crippen LogP) is 2.29. The average Bonchev–Trinajstić information content (AvgIpc) is 2.39. The fourth-order valence-corrected chi connectivity index (χ4v) is 1.55. The molecular formula is C15H22N2O2. The van der Waals surface area contributed by atoms with Crippen LogP contribution in [0.25, 0.3) is 0 Å². The largest absolute Gasteiger partial charge is 0.491 e. The molecule has 0 aromatic heterocycles. The van der Waals surface area contributed by atoms with Crippen molar-refractivity contribution in [1.82, 2.24) is 4.90 Å². The van der Waals surface area contributed by atoms with Crippen molar-refractivity contribution in [2.24, 2.45) is 0 Å². The van der Waals surface area contributed by atoms with Crippen molar-refractivity contribution in [3.8, 4) is 11.8 Å². The van der Waals surface area contributed by atoms with Crippen molar-refractivity contribution in [2.75, 3.05) is 33.4 Å². The van der Waals surface area contributed by atoms with E-state index in [1.165, 1.54) is 0 Å². The van der Waals surface area contributed by atoms with Crippen LogP contribution in [0.4, 0.5) is 0 Å². The molecule has 0 aliphatic rings. The normalized spacial score (nSPS) is 10.7. The SMILES string of the molecule is CC(C)OCCN(C)CCOc1ccccc1C#N. The van der Waals surface area contributed by atoms with E-state index in [-0.39, 0.29) is 6.10 Å². The van der Waals surface area contributed by atoms with Crippen LogP contribution in [0.1, 0.15) is 19.4 Å². The number of para-hydroxylation sites is 1. The lowest BCUT2D eigenvalue weighted by Crippen LogP contribution is -2.28. The molecule has 4 nitrogen and oxygen atoms in total. The lowest BCUT2D eigenvalue weighted by molar-refractivity contribution is 0.0616. The zero-order valence-electron chi connectivity index (χ0n) is 11.9. The van der Waals surface area contributed by atoms with Gasteiger partial charge in [-0.1, -0.05) is 12.1 Å². The van der Waals surface area contributed by atoms with Crippen LogP contribution in [-0.4, -0.2) is 44.4 Å². The summed E-state index contributed by atoms with van der Waals surface area (Å²) in [5.41, 5.74) is 0.577. The Morgan fingerprint density at radius 3 is 2.58 bits per heavy atom. The Kier molecular flexibility index (Phi) is 6.94. The van der Waals surface area contributed by atoms with Crippen molar-refractivity contribution < 1.29 is 9.47 Å². The van der Waals surface area contributed by atoms with Crippen molar-refractivity contribution in [3.05, 3.63) is 29.8 Å². The summed E-state index contributed by atoms with van der Waals surface area (Å²) in [6.45, 7) is 7.03. The van der Waals surface area contributed by atoms with Gasteiger partial charge in [-0.05, 0) is 33.0 Å². The minimum Gasteiger partial charge on any atom is -0.491 e. The molecule has 0 saturated carbocycles. The number of nitrogens with zero attached hydrogens (tertiary/aromatic N) is 2. The summed E-state index contributed by atoms with van der Waals surface area (Å²) in [4.78, 5) is 2.15. The van der Waals surface area contributed by atoms with Crippen LogP contribution < -0.4 is 4.74 Å². The van der Waals surface area contributed by atoms with E-state index in [9.17, 15) is 0 Å². The molecule has 0 aliphatic carbocycles. The molecule has 0 spiro atoms. The molecule has 0 saturated heterocycles. The molecule has 0 fully saturated rings. The highest BCUT2D eigenvalue weighted by molar-refractivity contribution is 5.42. The molecule has 0 aliphatic heterocycles. The maximum atomic E-state index is 8.94. The number of nitriles is 1. The van der Waals surface area contributed by atoms with Crippen LogP contribution in [0, 0.1) is 11.3 Å². The summed E-state index contributed by atoms with van der Waals surface area (Å²) in [6.07, 6.45) is 0.271. The number of hydrogen-bond donors (Lipinski definition) is 0. The van der Waals surface area contributed by atoms with Gasteiger partial charge in [0.25, 0.3) is 0 Å². The number of rotatable bonds is 8. The first-order chi connectivity index (χ1) is 9.13. The van der Waals surface area contributed by atoms with Gasteiger partial charge < -0.3 is 14.4 Å². The molecule has 0 radical (unpaired) electrons. The summed E-state index contributed by atoms with van der Waals surface area (Å²) < 4.78 is 11.1. The summed E-state index contributed by atoms with van der Waals surface area (Å²) in [5, 5.41) is 8.94. The second-order valence-corrected chi connectivity index (χ2v) is 4.68. The molecule has 1 aromatic carbocycles. The lowest BCUT2D eigenvalue weighted by atomic mass is 10.2.